The first kappa shape index (κ1) is 9.97. The number of carbonyl (C=O) groups is 1. The molecule has 1 aliphatic carbocycles. The second-order valence-corrected chi connectivity index (χ2v) is 4.59. The lowest BCUT2D eigenvalue weighted by Crippen LogP contribution is -2.49. The van der Waals surface area contributed by atoms with Crippen molar-refractivity contribution in [3.05, 3.63) is 0 Å². The fraction of sp³-hybridized carbons (Fsp3) is 0.909. The molecule has 0 atom stereocenters. The molecule has 14 heavy (non-hydrogen) atoms. The molecule has 1 saturated heterocycles. The average molecular weight is 198 g/mol. The van der Waals surface area contributed by atoms with E-state index in [-0.39, 0.29) is 11.4 Å². The van der Waals surface area contributed by atoms with Crippen molar-refractivity contribution in [3.63, 3.8) is 0 Å². The van der Waals surface area contributed by atoms with Gasteiger partial charge in [-0.05, 0) is 18.8 Å². The summed E-state index contributed by atoms with van der Waals surface area (Å²) < 4.78 is 10.0. The van der Waals surface area contributed by atoms with Crippen LogP contribution in [-0.4, -0.2) is 26.3 Å². The van der Waals surface area contributed by atoms with E-state index in [0.717, 1.165) is 13.2 Å². The predicted octanol–water partition coefficient (Wildman–Crippen LogP) is 1.76. The van der Waals surface area contributed by atoms with E-state index >= 15 is 0 Å². The maximum atomic E-state index is 11.3. The summed E-state index contributed by atoms with van der Waals surface area (Å²) in [7, 11) is 1.46. The zero-order valence-electron chi connectivity index (χ0n) is 8.75. The predicted molar refractivity (Wildman–Crippen MR) is 51.8 cm³/mol. The van der Waals surface area contributed by atoms with Gasteiger partial charge in [-0.25, -0.2) is 0 Å². The summed E-state index contributed by atoms with van der Waals surface area (Å²) in [6.07, 6.45) is 5.70. The molecule has 0 aromatic heterocycles. The Labute approximate surface area is 84.8 Å². The molecule has 0 spiro atoms. The molecule has 0 bridgehead atoms. The number of esters is 1. The van der Waals surface area contributed by atoms with Crippen LogP contribution in [0.5, 0.6) is 0 Å². The van der Waals surface area contributed by atoms with Crippen LogP contribution < -0.4 is 0 Å². The van der Waals surface area contributed by atoms with Gasteiger partial charge in [0.15, 0.2) is 0 Å². The minimum absolute atomic E-state index is 0.0831. The van der Waals surface area contributed by atoms with E-state index in [1.54, 1.807) is 0 Å². The van der Waals surface area contributed by atoms with Crippen LogP contribution in [0.25, 0.3) is 0 Å². The number of hydrogen-bond donors (Lipinski definition) is 0. The fourth-order valence-electron chi connectivity index (χ4n) is 2.74. The van der Waals surface area contributed by atoms with E-state index in [4.69, 9.17) is 9.47 Å². The van der Waals surface area contributed by atoms with Gasteiger partial charge in [-0.1, -0.05) is 12.8 Å². The molecule has 0 N–H and O–H groups in total. The van der Waals surface area contributed by atoms with Gasteiger partial charge in [-0.3, -0.25) is 4.79 Å². The lowest BCUT2D eigenvalue weighted by Gasteiger charge is -2.45. The van der Waals surface area contributed by atoms with Crippen molar-refractivity contribution in [2.24, 2.45) is 11.3 Å². The van der Waals surface area contributed by atoms with Crippen LogP contribution in [-0.2, 0) is 14.3 Å². The summed E-state index contributed by atoms with van der Waals surface area (Å²) >= 11 is 0. The molecule has 1 saturated carbocycles. The first-order valence-corrected chi connectivity index (χ1v) is 5.41. The lowest BCUT2D eigenvalue weighted by molar-refractivity contribution is -0.172. The van der Waals surface area contributed by atoms with Crippen LogP contribution in [0.1, 0.15) is 32.1 Å². The third kappa shape index (κ3) is 1.65. The topological polar surface area (TPSA) is 35.5 Å². The standard InChI is InChI=1S/C11H18O3/c1-13-10(12)6-11(7-14-8-11)9-4-2-3-5-9/h9H,2-8H2,1H3. The Balaban J connectivity index is 1.97. The minimum Gasteiger partial charge on any atom is -0.469 e. The Morgan fingerprint density at radius 3 is 2.50 bits per heavy atom. The van der Waals surface area contributed by atoms with Crippen LogP contribution in [0.3, 0.4) is 0 Å². The Morgan fingerprint density at radius 2 is 2.07 bits per heavy atom. The SMILES string of the molecule is COC(=O)CC1(C2CCCC2)COC1. The molecule has 0 aromatic carbocycles. The monoisotopic (exact) mass is 198 g/mol. The van der Waals surface area contributed by atoms with E-state index in [9.17, 15) is 4.79 Å². The smallest absolute Gasteiger partial charge is 0.306 e. The largest absolute Gasteiger partial charge is 0.469 e. The molecule has 3 heteroatoms. The van der Waals surface area contributed by atoms with E-state index in [1.807, 2.05) is 0 Å². The lowest BCUT2D eigenvalue weighted by atomic mass is 9.70. The summed E-state index contributed by atoms with van der Waals surface area (Å²) in [6.45, 7) is 1.51. The van der Waals surface area contributed by atoms with Gasteiger partial charge >= 0.3 is 5.97 Å². The minimum atomic E-state index is -0.0831. The Kier molecular flexibility index (Phi) is 2.77. The summed E-state index contributed by atoms with van der Waals surface area (Å²) in [6, 6.07) is 0. The van der Waals surface area contributed by atoms with Gasteiger partial charge in [-0.15, -0.1) is 0 Å². The van der Waals surface area contributed by atoms with Crippen LogP contribution in [0.4, 0.5) is 0 Å². The number of carbonyl (C=O) groups excluding carboxylic acids is 1. The summed E-state index contributed by atoms with van der Waals surface area (Å²) in [5.74, 6) is 0.607. The molecule has 2 aliphatic rings. The van der Waals surface area contributed by atoms with E-state index < -0.39 is 0 Å². The molecule has 80 valence electrons. The van der Waals surface area contributed by atoms with Gasteiger partial charge in [0.1, 0.15) is 0 Å². The zero-order chi connectivity index (χ0) is 10.0. The van der Waals surface area contributed by atoms with Gasteiger partial charge in [0, 0.05) is 5.41 Å². The molecule has 0 unspecified atom stereocenters. The molecule has 0 aromatic rings. The highest BCUT2D eigenvalue weighted by atomic mass is 16.5. The number of rotatable bonds is 3. The van der Waals surface area contributed by atoms with Crippen molar-refractivity contribution < 1.29 is 14.3 Å². The Hall–Kier alpha value is -0.570. The van der Waals surface area contributed by atoms with Crippen molar-refractivity contribution in [3.8, 4) is 0 Å². The molecule has 1 aliphatic heterocycles. The Morgan fingerprint density at radius 1 is 1.43 bits per heavy atom. The third-order valence-electron chi connectivity index (χ3n) is 3.72. The van der Waals surface area contributed by atoms with Crippen molar-refractivity contribution in [2.75, 3.05) is 20.3 Å². The van der Waals surface area contributed by atoms with Crippen molar-refractivity contribution >= 4 is 5.97 Å². The quantitative estimate of drug-likeness (QED) is 0.648. The van der Waals surface area contributed by atoms with Gasteiger partial charge in [0.05, 0.1) is 26.7 Å². The molecule has 1 heterocycles. The van der Waals surface area contributed by atoms with E-state index in [2.05, 4.69) is 0 Å². The second kappa shape index (κ2) is 3.89. The Bertz CT molecular complexity index is 215. The maximum absolute atomic E-state index is 11.3. The fourth-order valence-corrected chi connectivity index (χ4v) is 2.74. The van der Waals surface area contributed by atoms with Crippen molar-refractivity contribution in [1.82, 2.24) is 0 Å². The first-order chi connectivity index (χ1) is 6.77. The first-order valence-electron chi connectivity index (χ1n) is 5.41. The van der Waals surface area contributed by atoms with Crippen LogP contribution >= 0.6 is 0 Å². The van der Waals surface area contributed by atoms with Crippen molar-refractivity contribution in [1.29, 1.82) is 0 Å². The van der Waals surface area contributed by atoms with Gasteiger partial charge < -0.3 is 9.47 Å². The van der Waals surface area contributed by atoms with Gasteiger partial charge in [0.25, 0.3) is 0 Å². The molecule has 2 rings (SSSR count). The second-order valence-electron chi connectivity index (χ2n) is 4.59. The van der Waals surface area contributed by atoms with Crippen LogP contribution in [0, 0.1) is 11.3 Å². The number of methoxy groups -OCH3 is 1. The molecule has 0 amide bonds. The van der Waals surface area contributed by atoms with E-state index in [0.29, 0.717) is 12.3 Å². The zero-order valence-corrected chi connectivity index (χ0v) is 8.75. The highest BCUT2D eigenvalue weighted by Gasteiger charge is 2.47. The van der Waals surface area contributed by atoms with Crippen LogP contribution in [0.2, 0.25) is 0 Å². The van der Waals surface area contributed by atoms with Crippen LogP contribution in [0.15, 0.2) is 0 Å². The molecule has 2 fully saturated rings. The van der Waals surface area contributed by atoms with E-state index in [1.165, 1.54) is 32.8 Å². The van der Waals surface area contributed by atoms with Crippen molar-refractivity contribution in [2.45, 2.75) is 32.1 Å². The molecular formula is C11H18O3. The number of ether oxygens (including phenoxy) is 2. The molecular weight excluding hydrogens is 180 g/mol. The maximum Gasteiger partial charge on any atom is 0.306 e. The molecule has 3 nitrogen and oxygen atoms in total. The van der Waals surface area contributed by atoms with Gasteiger partial charge in [0.2, 0.25) is 0 Å². The highest BCUT2D eigenvalue weighted by molar-refractivity contribution is 5.70. The molecule has 0 radical (unpaired) electrons. The average Bonchev–Trinajstić information content (AvgIpc) is 2.63. The third-order valence-corrected chi connectivity index (χ3v) is 3.72. The summed E-state index contributed by atoms with van der Waals surface area (Å²) in [5.41, 5.74) is 0.129. The summed E-state index contributed by atoms with van der Waals surface area (Å²) in [5, 5.41) is 0. The highest BCUT2D eigenvalue weighted by Crippen LogP contribution is 2.47. The van der Waals surface area contributed by atoms with Gasteiger partial charge in [-0.2, -0.15) is 0 Å². The summed E-state index contributed by atoms with van der Waals surface area (Å²) in [4.78, 5) is 11.3. The number of hydrogen-bond acceptors (Lipinski definition) is 3. The normalized spacial score (nSPS) is 25.8.